The standard InChI is InChI=1S/C17H11ClN2O/c1-10-6-8-11(9-7-10)17-19-14-12-4-2-3-5-13(12)21-15(14)16(18)20-17/h2-9H,1H3. The Bertz CT molecular complexity index is 958. The summed E-state index contributed by atoms with van der Waals surface area (Å²) in [5, 5.41) is 1.29. The zero-order valence-corrected chi connectivity index (χ0v) is 12.1. The molecule has 2 aromatic carbocycles. The molecule has 4 rings (SSSR count). The van der Waals surface area contributed by atoms with Crippen LogP contribution in [0.2, 0.25) is 5.15 Å². The molecule has 0 saturated carbocycles. The molecule has 0 aliphatic carbocycles. The van der Waals surface area contributed by atoms with Gasteiger partial charge in [0.05, 0.1) is 0 Å². The van der Waals surface area contributed by atoms with Crippen molar-refractivity contribution in [3.8, 4) is 11.4 Å². The van der Waals surface area contributed by atoms with Crippen LogP contribution in [0.4, 0.5) is 0 Å². The van der Waals surface area contributed by atoms with Gasteiger partial charge in [0.25, 0.3) is 0 Å². The normalized spacial score (nSPS) is 11.3. The molecule has 0 saturated heterocycles. The van der Waals surface area contributed by atoms with Crippen LogP contribution in [-0.2, 0) is 0 Å². The van der Waals surface area contributed by atoms with Gasteiger partial charge in [-0.25, -0.2) is 9.97 Å². The molecule has 4 aromatic rings. The summed E-state index contributed by atoms with van der Waals surface area (Å²) < 4.78 is 5.74. The molecular formula is C17H11ClN2O. The van der Waals surface area contributed by atoms with E-state index < -0.39 is 0 Å². The Morgan fingerprint density at radius 3 is 2.52 bits per heavy atom. The topological polar surface area (TPSA) is 38.9 Å². The predicted molar refractivity (Wildman–Crippen MR) is 84.5 cm³/mol. The molecule has 0 bridgehead atoms. The predicted octanol–water partition coefficient (Wildman–Crippen LogP) is 5.00. The Labute approximate surface area is 126 Å². The van der Waals surface area contributed by atoms with Gasteiger partial charge in [0.15, 0.2) is 16.6 Å². The van der Waals surface area contributed by atoms with Gasteiger partial charge in [-0.2, -0.15) is 0 Å². The molecule has 0 fully saturated rings. The van der Waals surface area contributed by atoms with Crippen molar-refractivity contribution in [3.63, 3.8) is 0 Å². The smallest absolute Gasteiger partial charge is 0.191 e. The van der Waals surface area contributed by atoms with E-state index in [-0.39, 0.29) is 0 Å². The fourth-order valence-electron chi connectivity index (χ4n) is 2.39. The van der Waals surface area contributed by atoms with Gasteiger partial charge in [0, 0.05) is 10.9 Å². The molecule has 2 heterocycles. The molecule has 102 valence electrons. The number of hydrogen-bond acceptors (Lipinski definition) is 3. The van der Waals surface area contributed by atoms with E-state index >= 15 is 0 Å². The fraction of sp³-hybridized carbons (Fsp3) is 0.0588. The maximum absolute atomic E-state index is 6.27. The zero-order chi connectivity index (χ0) is 14.4. The van der Waals surface area contributed by atoms with E-state index in [2.05, 4.69) is 9.97 Å². The summed E-state index contributed by atoms with van der Waals surface area (Å²) in [5.74, 6) is 0.610. The highest BCUT2D eigenvalue weighted by atomic mass is 35.5. The van der Waals surface area contributed by atoms with Gasteiger partial charge < -0.3 is 4.42 Å². The Hall–Kier alpha value is -2.39. The molecule has 0 aliphatic rings. The van der Waals surface area contributed by atoms with Gasteiger partial charge in [-0.15, -0.1) is 0 Å². The number of aryl methyl sites for hydroxylation is 1. The summed E-state index contributed by atoms with van der Waals surface area (Å²) in [6.45, 7) is 2.05. The van der Waals surface area contributed by atoms with Crippen molar-refractivity contribution in [2.24, 2.45) is 0 Å². The lowest BCUT2D eigenvalue weighted by Gasteiger charge is -2.02. The monoisotopic (exact) mass is 294 g/mol. The van der Waals surface area contributed by atoms with Crippen LogP contribution in [0, 0.1) is 6.92 Å². The third kappa shape index (κ3) is 1.98. The molecule has 0 N–H and O–H groups in total. The van der Waals surface area contributed by atoms with E-state index in [0.29, 0.717) is 16.6 Å². The lowest BCUT2D eigenvalue weighted by molar-refractivity contribution is 0.666. The van der Waals surface area contributed by atoms with Crippen molar-refractivity contribution >= 4 is 33.7 Å². The summed E-state index contributed by atoms with van der Waals surface area (Å²) in [7, 11) is 0. The summed E-state index contributed by atoms with van der Waals surface area (Å²) >= 11 is 6.27. The average Bonchev–Trinajstić information content (AvgIpc) is 2.87. The number of fused-ring (bicyclic) bond motifs is 3. The largest absolute Gasteiger partial charge is 0.451 e. The number of aromatic nitrogens is 2. The first-order valence-corrected chi connectivity index (χ1v) is 7.02. The molecule has 0 spiro atoms. The van der Waals surface area contributed by atoms with Crippen molar-refractivity contribution in [3.05, 3.63) is 59.2 Å². The van der Waals surface area contributed by atoms with Gasteiger partial charge in [-0.3, -0.25) is 0 Å². The van der Waals surface area contributed by atoms with Crippen LogP contribution in [0.25, 0.3) is 33.5 Å². The zero-order valence-electron chi connectivity index (χ0n) is 11.3. The number of para-hydroxylation sites is 1. The van der Waals surface area contributed by atoms with E-state index in [1.54, 1.807) is 0 Å². The maximum Gasteiger partial charge on any atom is 0.191 e. The molecule has 21 heavy (non-hydrogen) atoms. The Morgan fingerprint density at radius 2 is 1.71 bits per heavy atom. The lowest BCUT2D eigenvalue weighted by atomic mass is 10.1. The van der Waals surface area contributed by atoms with E-state index in [1.807, 2.05) is 55.5 Å². The number of nitrogens with zero attached hydrogens (tertiary/aromatic N) is 2. The summed E-state index contributed by atoms with van der Waals surface area (Å²) in [6.07, 6.45) is 0. The maximum atomic E-state index is 6.27. The van der Waals surface area contributed by atoms with Gasteiger partial charge in [-0.05, 0) is 19.1 Å². The molecule has 4 heteroatoms. The number of furan rings is 1. The van der Waals surface area contributed by atoms with E-state index in [9.17, 15) is 0 Å². The highest BCUT2D eigenvalue weighted by molar-refractivity contribution is 6.34. The Morgan fingerprint density at radius 1 is 0.952 bits per heavy atom. The summed E-state index contributed by atoms with van der Waals surface area (Å²) in [6, 6.07) is 15.8. The van der Waals surface area contributed by atoms with Crippen LogP contribution in [0.1, 0.15) is 5.56 Å². The van der Waals surface area contributed by atoms with Gasteiger partial charge in [0.2, 0.25) is 0 Å². The molecule has 0 amide bonds. The van der Waals surface area contributed by atoms with Crippen molar-refractivity contribution in [1.82, 2.24) is 9.97 Å². The minimum atomic E-state index is 0.340. The van der Waals surface area contributed by atoms with E-state index in [0.717, 1.165) is 22.0 Å². The minimum Gasteiger partial charge on any atom is -0.451 e. The quantitative estimate of drug-likeness (QED) is 0.463. The lowest BCUT2D eigenvalue weighted by Crippen LogP contribution is -1.90. The van der Waals surface area contributed by atoms with Crippen molar-refractivity contribution in [2.75, 3.05) is 0 Å². The minimum absolute atomic E-state index is 0.340. The van der Waals surface area contributed by atoms with E-state index in [4.69, 9.17) is 16.0 Å². The molecule has 3 nitrogen and oxygen atoms in total. The number of benzene rings is 2. The summed E-state index contributed by atoms with van der Waals surface area (Å²) in [4.78, 5) is 8.99. The summed E-state index contributed by atoms with van der Waals surface area (Å²) in [5.41, 5.74) is 4.19. The van der Waals surface area contributed by atoms with Gasteiger partial charge in [0.1, 0.15) is 11.1 Å². The first-order valence-electron chi connectivity index (χ1n) is 6.64. The first kappa shape index (κ1) is 12.4. The Kier molecular flexibility index (Phi) is 2.69. The third-order valence-corrected chi connectivity index (χ3v) is 3.74. The molecule has 0 radical (unpaired) electrons. The van der Waals surface area contributed by atoms with E-state index in [1.165, 1.54) is 5.56 Å². The van der Waals surface area contributed by atoms with Crippen LogP contribution in [-0.4, -0.2) is 9.97 Å². The second kappa shape index (κ2) is 4.57. The molecule has 0 aliphatic heterocycles. The molecule has 0 unspecified atom stereocenters. The second-order valence-electron chi connectivity index (χ2n) is 4.98. The number of rotatable bonds is 1. The highest BCUT2D eigenvalue weighted by Gasteiger charge is 2.14. The molecular weight excluding hydrogens is 284 g/mol. The SMILES string of the molecule is Cc1ccc(-c2nc(Cl)c3oc4ccccc4c3n2)cc1. The van der Waals surface area contributed by atoms with Gasteiger partial charge in [-0.1, -0.05) is 53.6 Å². The number of hydrogen-bond donors (Lipinski definition) is 0. The van der Waals surface area contributed by atoms with Crippen LogP contribution in [0.3, 0.4) is 0 Å². The van der Waals surface area contributed by atoms with Crippen molar-refractivity contribution in [2.45, 2.75) is 6.92 Å². The van der Waals surface area contributed by atoms with Crippen LogP contribution < -0.4 is 0 Å². The third-order valence-electron chi connectivity index (χ3n) is 3.49. The Balaban J connectivity index is 2.03. The van der Waals surface area contributed by atoms with Crippen LogP contribution in [0.15, 0.2) is 52.9 Å². The molecule has 0 atom stereocenters. The van der Waals surface area contributed by atoms with Gasteiger partial charge >= 0.3 is 0 Å². The number of halogens is 1. The van der Waals surface area contributed by atoms with Crippen LogP contribution in [0.5, 0.6) is 0 Å². The fourth-order valence-corrected chi connectivity index (χ4v) is 2.60. The average molecular weight is 295 g/mol. The first-order chi connectivity index (χ1) is 10.2. The van der Waals surface area contributed by atoms with Crippen molar-refractivity contribution in [1.29, 1.82) is 0 Å². The highest BCUT2D eigenvalue weighted by Crippen LogP contribution is 2.32. The molecule has 2 aromatic heterocycles. The van der Waals surface area contributed by atoms with Crippen molar-refractivity contribution < 1.29 is 4.42 Å². The second-order valence-corrected chi connectivity index (χ2v) is 5.34. The van der Waals surface area contributed by atoms with Crippen LogP contribution >= 0.6 is 11.6 Å².